The minimum absolute atomic E-state index is 0.0150. The van der Waals surface area contributed by atoms with E-state index in [1.165, 1.54) is 7.11 Å². The van der Waals surface area contributed by atoms with Crippen LogP contribution in [0.25, 0.3) is 0 Å². The van der Waals surface area contributed by atoms with Gasteiger partial charge >= 0.3 is 0 Å². The number of benzene rings is 2. The summed E-state index contributed by atoms with van der Waals surface area (Å²) in [6.07, 6.45) is 3.08. The average molecular weight is 411 g/mol. The van der Waals surface area contributed by atoms with E-state index in [2.05, 4.69) is 17.2 Å². The van der Waals surface area contributed by atoms with E-state index in [1.54, 1.807) is 25.3 Å². The number of anilines is 1. The lowest BCUT2D eigenvalue weighted by atomic mass is 10.0. The van der Waals surface area contributed by atoms with Crippen molar-refractivity contribution in [1.82, 2.24) is 5.32 Å². The van der Waals surface area contributed by atoms with Gasteiger partial charge in [-0.2, -0.15) is 0 Å². The number of ether oxygens (including phenoxy) is 2. The standard InChI is InChI=1S/C24H30N2O4/c1-6-9-18-13-19(14-21(29-4)22(18)30-5)24(28)25-15-17-10-8-11-20(12-17)26-23(27)16(3)7-2/h6,8,10-14,16H,1,7,9,15H2,2-5H3,(H,25,28)(H,26,27). The van der Waals surface area contributed by atoms with Crippen LogP contribution in [0, 0.1) is 5.92 Å². The number of methoxy groups -OCH3 is 2. The van der Waals surface area contributed by atoms with Crippen LogP contribution in [0.5, 0.6) is 11.5 Å². The molecule has 0 fully saturated rings. The number of allylic oxidation sites excluding steroid dienone is 1. The molecule has 6 heteroatoms. The molecule has 30 heavy (non-hydrogen) atoms. The van der Waals surface area contributed by atoms with Crippen LogP contribution >= 0.6 is 0 Å². The molecule has 0 bridgehead atoms. The Morgan fingerprint density at radius 1 is 1.17 bits per heavy atom. The van der Waals surface area contributed by atoms with Gasteiger partial charge in [0.2, 0.25) is 5.91 Å². The Labute approximate surface area is 178 Å². The lowest BCUT2D eigenvalue weighted by molar-refractivity contribution is -0.119. The smallest absolute Gasteiger partial charge is 0.251 e. The Hall–Kier alpha value is -3.28. The van der Waals surface area contributed by atoms with E-state index in [4.69, 9.17) is 9.47 Å². The summed E-state index contributed by atoms with van der Waals surface area (Å²) in [5.41, 5.74) is 2.90. The number of hydrogen-bond acceptors (Lipinski definition) is 4. The van der Waals surface area contributed by atoms with Gasteiger partial charge in [-0.15, -0.1) is 6.58 Å². The first-order valence-corrected chi connectivity index (χ1v) is 9.97. The molecule has 0 aliphatic heterocycles. The molecule has 2 aromatic carbocycles. The molecule has 0 aromatic heterocycles. The van der Waals surface area contributed by atoms with Crippen LogP contribution in [-0.4, -0.2) is 26.0 Å². The molecule has 6 nitrogen and oxygen atoms in total. The summed E-state index contributed by atoms with van der Waals surface area (Å²) < 4.78 is 10.8. The van der Waals surface area contributed by atoms with Crippen molar-refractivity contribution in [2.75, 3.05) is 19.5 Å². The van der Waals surface area contributed by atoms with Gasteiger partial charge in [-0.3, -0.25) is 9.59 Å². The molecule has 2 rings (SSSR count). The van der Waals surface area contributed by atoms with Crippen molar-refractivity contribution in [3.63, 3.8) is 0 Å². The maximum absolute atomic E-state index is 12.7. The highest BCUT2D eigenvalue weighted by Gasteiger charge is 2.16. The summed E-state index contributed by atoms with van der Waals surface area (Å²) >= 11 is 0. The Kier molecular flexibility index (Phi) is 8.47. The van der Waals surface area contributed by atoms with Crippen LogP contribution in [0.1, 0.15) is 41.8 Å². The molecule has 1 unspecified atom stereocenters. The first-order chi connectivity index (χ1) is 14.4. The van der Waals surface area contributed by atoms with Gasteiger partial charge in [-0.1, -0.05) is 32.1 Å². The number of nitrogens with one attached hydrogen (secondary N) is 2. The third-order valence-electron chi connectivity index (χ3n) is 4.89. The van der Waals surface area contributed by atoms with E-state index in [1.807, 2.05) is 38.1 Å². The zero-order chi connectivity index (χ0) is 22.1. The Balaban J connectivity index is 2.12. The topological polar surface area (TPSA) is 76.7 Å². The molecule has 0 saturated heterocycles. The van der Waals surface area contributed by atoms with Crippen molar-refractivity contribution in [3.8, 4) is 11.5 Å². The van der Waals surface area contributed by atoms with Gasteiger partial charge in [0.05, 0.1) is 14.2 Å². The third-order valence-corrected chi connectivity index (χ3v) is 4.89. The Bertz CT molecular complexity index is 908. The summed E-state index contributed by atoms with van der Waals surface area (Å²) in [5, 5.41) is 5.82. The van der Waals surface area contributed by atoms with Crippen LogP contribution in [0.4, 0.5) is 5.69 Å². The summed E-state index contributed by atoms with van der Waals surface area (Å²) in [6.45, 7) is 7.95. The highest BCUT2D eigenvalue weighted by Crippen LogP contribution is 2.33. The average Bonchev–Trinajstić information content (AvgIpc) is 2.76. The van der Waals surface area contributed by atoms with Crippen LogP contribution in [0.15, 0.2) is 49.1 Å². The van der Waals surface area contributed by atoms with Crippen molar-refractivity contribution in [3.05, 3.63) is 65.7 Å². The van der Waals surface area contributed by atoms with Gasteiger partial charge in [0.1, 0.15) is 0 Å². The highest BCUT2D eigenvalue weighted by atomic mass is 16.5. The number of rotatable bonds is 10. The molecule has 1 atom stereocenters. The number of hydrogen-bond donors (Lipinski definition) is 2. The maximum atomic E-state index is 12.7. The maximum Gasteiger partial charge on any atom is 0.251 e. The minimum Gasteiger partial charge on any atom is -0.493 e. The Morgan fingerprint density at radius 2 is 1.93 bits per heavy atom. The van der Waals surface area contributed by atoms with Crippen molar-refractivity contribution < 1.29 is 19.1 Å². The highest BCUT2D eigenvalue weighted by molar-refractivity contribution is 5.95. The predicted octanol–water partition coefficient (Wildman–Crippen LogP) is 4.35. The summed E-state index contributed by atoms with van der Waals surface area (Å²) in [6, 6.07) is 10.9. The minimum atomic E-state index is -0.227. The molecule has 0 aliphatic rings. The second kappa shape index (κ2) is 11.0. The van der Waals surface area contributed by atoms with Gasteiger partial charge in [0.15, 0.2) is 11.5 Å². The molecule has 0 heterocycles. The molecule has 0 spiro atoms. The van der Waals surface area contributed by atoms with Crippen molar-refractivity contribution >= 4 is 17.5 Å². The van der Waals surface area contributed by atoms with Crippen LogP contribution in [-0.2, 0) is 17.8 Å². The predicted molar refractivity (Wildman–Crippen MR) is 119 cm³/mol. The zero-order valence-electron chi connectivity index (χ0n) is 18.1. The second-order valence-electron chi connectivity index (χ2n) is 7.05. The second-order valence-corrected chi connectivity index (χ2v) is 7.05. The van der Waals surface area contributed by atoms with Gasteiger partial charge in [0, 0.05) is 29.3 Å². The number of carbonyl (C=O) groups is 2. The van der Waals surface area contributed by atoms with E-state index in [-0.39, 0.29) is 17.7 Å². The van der Waals surface area contributed by atoms with E-state index in [0.717, 1.165) is 17.5 Å². The summed E-state index contributed by atoms with van der Waals surface area (Å²) in [7, 11) is 3.10. The summed E-state index contributed by atoms with van der Waals surface area (Å²) in [4.78, 5) is 24.8. The fraction of sp³-hybridized carbons (Fsp3) is 0.333. The van der Waals surface area contributed by atoms with Crippen molar-refractivity contribution in [1.29, 1.82) is 0 Å². The van der Waals surface area contributed by atoms with Crippen LogP contribution in [0.3, 0.4) is 0 Å². The molecule has 0 radical (unpaired) electrons. The Morgan fingerprint density at radius 3 is 2.57 bits per heavy atom. The van der Waals surface area contributed by atoms with Crippen molar-refractivity contribution in [2.24, 2.45) is 5.92 Å². The van der Waals surface area contributed by atoms with E-state index in [9.17, 15) is 9.59 Å². The van der Waals surface area contributed by atoms with Crippen LogP contribution in [0.2, 0.25) is 0 Å². The molecule has 2 N–H and O–H groups in total. The largest absolute Gasteiger partial charge is 0.493 e. The first kappa shape index (κ1) is 23.0. The fourth-order valence-electron chi connectivity index (χ4n) is 2.98. The normalized spacial score (nSPS) is 11.3. The van der Waals surface area contributed by atoms with Gasteiger partial charge in [-0.25, -0.2) is 0 Å². The first-order valence-electron chi connectivity index (χ1n) is 9.97. The molecule has 2 amide bonds. The molecular weight excluding hydrogens is 380 g/mol. The lowest BCUT2D eigenvalue weighted by Gasteiger charge is -2.15. The quantitative estimate of drug-likeness (QED) is 0.571. The molecule has 0 saturated carbocycles. The van der Waals surface area contributed by atoms with E-state index >= 15 is 0 Å². The van der Waals surface area contributed by atoms with Gasteiger partial charge in [-0.05, 0) is 42.7 Å². The fourth-order valence-corrected chi connectivity index (χ4v) is 2.98. The molecule has 160 valence electrons. The van der Waals surface area contributed by atoms with Crippen molar-refractivity contribution in [2.45, 2.75) is 33.2 Å². The van der Waals surface area contributed by atoms with E-state index in [0.29, 0.717) is 35.7 Å². The third kappa shape index (κ3) is 5.86. The van der Waals surface area contributed by atoms with E-state index < -0.39 is 0 Å². The molecule has 0 aliphatic carbocycles. The zero-order valence-corrected chi connectivity index (χ0v) is 18.1. The monoisotopic (exact) mass is 410 g/mol. The molecular formula is C24H30N2O4. The lowest BCUT2D eigenvalue weighted by Crippen LogP contribution is -2.23. The SMILES string of the molecule is C=CCc1cc(C(=O)NCc2cccc(NC(=O)C(C)CC)c2)cc(OC)c1OC. The van der Waals surface area contributed by atoms with Crippen LogP contribution < -0.4 is 20.1 Å². The number of carbonyl (C=O) groups excluding carboxylic acids is 2. The molecule has 2 aromatic rings. The van der Waals surface area contributed by atoms with Gasteiger partial charge < -0.3 is 20.1 Å². The van der Waals surface area contributed by atoms with Gasteiger partial charge in [0.25, 0.3) is 5.91 Å². The number of amides is 2. The summed E-state index contributed by atoms with van der Waals surface area (Å²) in [5.74, 6) is 0.799.